The summed E-state index contributed by atoms with van der Waals surface area (Å²) >= 11 is 5.86. The zero-order valence-corrected chi connectivity index (χ0v) is 10.9. The molecule has 0 radical (unpaired) electrons. The maximum atomic E-state index is 5.86. The lowest BCUT2D eigenvalue weighted by Crippen LogP contribution is -2.46. The number of anilines is 2. The van der Waals surface area contributed by atoms with Gasteiger partial charge in [0.1, 0.15) is 0 Å². The normalized spacial score (nSPS) is 17.2. The predicted octanol–water partition coefficient (Wildman–Crippen LogP) is 0.709. The third-order valence-electron chi connectivity index (χ3n) is 2.92. The van der Waals surface area contributed by atoms with Crippen molar-refractivity contribution in [3.63, 3.8) is 0 Å². The summed E-state index contributed by atoms with van der Waals surface area (Å²) < 4.78 is 0. The van der Waals surface area contributed by atoms with Crippen LogP contribution in [0.15, 0.2) is 0 Å². The van der Waals surface area contributed by atoms with E-state index in [2.05, 4.69) is 37.0 Å². The number of hydrogen-bond donors (Lipinski definition) is 1. The van der Waals surface area contributed by atoms with E-state index in [0.717, 1.165) is 32.7 Å². The number of rotatable bonds is 3. The smallest absolute Gasteiger partial charge is 0.231 e. The summed E-state index contributed by atoms with van der Waals surface area (Å²) in [5.41, 5.74) is 0. The second-order valence-electron chi connectivity index (χ2n) is 3.90. The molecule has 1 aromatic rings. The first kappa shape index (κ1) is 12.3. The molecule has 2 rings (SSSR count). The Labute approximate surface area is 106 Å². The van der Waals surface area contributed by atoms with E-state index in [4.69, 9.17) is 11.6 Å². The van der Waals surface area contributed by atoms with Crippen molar-refractivity contribution in [2.24, 2.45) is 0 Å². The maximum Gasteiger partial charge on any atom is 0.231 e. The molecular weight excluding hydrogens is 240 g/mol. The fourth-order valence-electron chi connectivity index (χ4n) is 1.86. The number of nitrogens with zero attached hydrogens (tertiary/aromatic N) is 5. The molecule has 0 bridgehead atoms. The lowest BCUT2D eigenvalue weighted by atomic mass is 10.3. The minimum Gasteiger partial charge on any atom is -0.357 e. The molecule has 0 saturated carbocycles. The van der Waals surface area contributed by atoms with Gasteiger partial charge in [0.05, 0.1) is 0 Å². The zero-order valence-electron chi connectivity index (χ0n) is 10.1. The molecule has 0 atom stereocenters. The van der Waals surface area contributed by atoms with E-state index < -0.39 is 0 Å². The standard InChI is InChI=1S/C10H17ClN6/c1-3-16-4-6-17(7-5-16)10-14-8(11)13-9(12-2)15-10/h3-7H2,1-2H3,(H,12,13,14,15). The zero-order chi connectivity index (χ0) is 12.3. The van der Waals surface area contributed by atoms with E-state index in [1.54, 1.807) is 7.05 Å². The third-order valence-corrected chi connectivity index (χ3v) is 3.09. The molecule has 17 heavy (non-hydrogen) atoms. The summed E-state index contributed by atoms with van der Waals surface area (Å²) in [6.07, 6.45) is 0. The van der Waals surface area contributed by atoms with Crippen molar-refractivity contribution < 1.29 is 0 Å². The Bertz CT molecular complexity index is 377. The van der Waals surface area contributed by atoms with Gasteiger partial charge in [0, 0.05) is 33.2 Å². The average molecular weight is 257 g/mol. The fourth-order valence-corrected chi connectivity index (χ4v) is 2.01. The van der Waals surface area contributed by atoms with Crippen molar-refractivity contribution in [1.29, 1.82) is 0 Å². The summed E-state index contributed by atoms with van der Waals surface area (Å²) in [5.74, 6) is 1.17. The van der Waals surface area contributed by atoms with Crippen LogP contribution in [0.4, 0.5) is 11.9 Å². The van der Waals surface area contributed by atoms with Gasteiger partial charge >= 0.3 is 0 Å². The Balaban J connectivity index is 2.10. The van der Waals surface area contributed by atoms with Crippen LogP contribution in [0, 0.1) is 0 Å². The van der Waals surface area contributed by atoms with Crippen molar-refractivity contribution in [3.05, 3.63) is 5.28 Å². The van der Waals surface area contributed by atoms with Gasteiger partial charge in [0.15, 0.2) is 0 Å². The van der Waals surface area contributed by atoms with Crippen LogP contribution >= 0.6 is 11.6 Å². The average Bonchev–Trinajstić information content (AvgIpc) is 2.38. The van der Waals surface area contributed by atoms with Crippen molar-refractivity contribution in [3.8, 4) is 0 Å². The van der Waals surface area contributed by atoms with Gasteiger partial charge in [-0.2, -0.15) is 15.0 Å². The van der Waals surface area contributed by atoms with Gasteiger partial charge < -0.3 is 15.1 Å². The van der Waals surface area contributed by atoms with Gasteiger partial charge in [0.2, 0.25) is 17.2 Å². The van der Waals surface area contributed by atoms with Crippen molar-refractivity contribution in [2.75, 3.05) is 50.0 Å². The summed E-state index contributed by atoms with van der Waals surface area (Å²) in [5, 5.41) is 3.12. The first-order chi connectivity index (χ1) is 8.22. The molecule has 0 aromatic carbocycles. The Hall–Kier alpha value is -1.14. The second-order valence-corrected chi connectivity index (χ2v) is 4.24. The van der Waals surface area contributed by atoms with Crippen LogP contribution in [0.3, 0.4) is 0 Å². The third kappa shape index (κ3) is 2.95. The highest BCUT2D eigenvalue weighted by atomic mass is 35.5. The van der Waals surface area contributed by atoms with Gasteiger partial charge in [-0.15, -0.1) is 0 Å². The number of aromatic nitrogens is 3. The van der Waals surface area contributed by atoms with Gasteiger partial charge in [-0.1, -0.05) is 6.92 Å². The Kier molecular flexibility index (Phi) is 3.96. The molecule has 0 amide bonds. The largest absolute Gasteiger partial charge is 0.357 e. The molecular formula is C10H17ClN6. The number of halogens is 1. The number of likely N-dealkylation sites (N-methyl/N-ethyl adjacent to an activating group) is 1. The van der Waals surface area contributed by atoms with E-state index in [1.165, 1.54) is 0 Å². The number of nitrogens with one attached hydrogen (secondary N) is 1. The van der Waals surface area contributed by atoms with Crippen LogP contribution in [0.1, 0.15) is 6.92 Å². The molecule has 94 valence electrons. The van der Waals surface area contributed by atoms with Crippen molar-refractivity contribution >= 4 is 23.5 Å². The number of piperazine rings is 1. The summed E-state index contributed by atoms with van der Waals surface area (Å²) in [6, 6.07) is 0. The molecule has 1 aliphatic rings. The first-order valence-corrected chi connectivity index (χ1v) is 6.17. The number of hydrogen-bond acceptors (Lipinski definition) is 6. The summed E-state index contributed by atoms with van der Waals surface area (Å²) in [6.45, 7) is 7.19. The molecule has 6 nitrogen and oxygen atoms in total. The van der Waals surface area contributed by atoms with Crippen LogP contribution in [-0.2, 0) is 0 Å². The SMILES string of the molecule is CCN1CCN(c2nc(Cl)nc(NC)n2)CC1. The molecule has 1 N–H and O–H groups in total. The molecule has 2 heterocycles. The van der Waals surface area contributed by atoms with Gasteiger partial charge in [-0.25, -0.2) is 0 Å². The lowest BCUT2D eigenvalue weighted by molar-refractivity contribution is 0.270. The molecule has 0 unspecified atom stereocenters. The fraction of sp³-hybridized carbons (Fsp3) is 0.700. The highest BCUT2D eigenvalue weighted by Gasteiger charge is 2.18. The van der Waals surface area contributed by atoms with E-state index in [1.807, 2.05) is 0 Å². The van der Waals surface area contributed by atoms with Crippen LogP contribution in [-0.4, -0.2) is 59.6 Å². The Morgan fingerprint density at radius 1 is 1.18 bits per heavy atom. The minimum absolute atomic E-state index is 0.234. The second kappa shape index (κ2) is 5.46. The van der Waals surface area contributed by atoms with E-state index in [-0.39, 0.29) is 5.28 Å². The predicted molar refractivity (Wildman–Crippen MR) is 68.7 cm³/mol. The molecule has 0 spiro atoms. The minimum atomic E-state index is 0.234. The quantitative estimate of drug-likeness (QED) is 0.860. The van der Waals surface area contributed by atoms with Gasteiger partial charge in [0.25, 0.3) is 0 Å². The molecule has 0 aliphatic carbocycles. The van der Waals surface area contributed by atoms with Crippen molar-refractivity contribution in [2.45, 2.75) is 6.92 Å². The van der Waals surface area contributed by atoms with Crippen LogP contribution in [0.2, 0.25) is 5.28 Å². The van der Waals surface area contributed by atoms with Gasteiger partial charge in [-0.3, -0.25) is 0 Å². The molecule has 1 fully saturated rings. The highest BCUT2D eigenvalue weighted by molar-refractivity contribution is 6.28. The van der Waals surface area contributed by atoms with Gasteiger partial charge in [-0.05, 0) is 18.1 Å². The topological polar surface area (TPSA) is 57.2 Å². The Morgan fingerprint density at radius 2 is 1.88 bits per heavy atom. The summed E-state index contributed by atoms with van der Waals surface area (Å²) in [4.78, 5) is 17.0. The molecule has 1 saturated heterocycles. The Morgan fingerprint density at radius 3 is 2.47 bits per heavy atom. The summed E-state index contributed by atoms with van der Waals surface area (Å²) in [7, 11) is 1.77. The van der Waals surface area contributed by atoms with Crippen molar-refractivity contribution in [1.82, 2.24) is 19.9 Å². The van der Waals surface area contributed by atoms with Crippen LogP contribution in [0.25, 0.3) is 0 Å². The van der Waals surface area contributed by atoms with E-state index in [9.17, 15) is 0 Å². The first-order valence-electron chi connectivity index (χ1n) is 5.79. The van der Waals surface area contributed by atoms with Crippen LogP contribution in [0.5, 0.6) is 0 Å². The van der Waals surface area contributed by atoms with E-state index in [0.29, 0.717) is 11.9 Å². The highest BCUT2D eigenvalue weighted by Crippen LogP contribution is 2.15. The molecule has 1 aliphatic heterocycles. The maximum absolute atomic E-state index is 5.86. The van der Waals surface area contributed by atoms with E-state index >= 15 is 0 Å². The lowest BCUT2D eigenvalue weighted by Gasteiger charge is -2.33. The van der Waals surface area contributed by atoms with Crippen LogP contribution < -0.4 is 10.2 Å². The molecule has 1 aromatic heterocycles. The monoisotopic (exact) mass is 256 g/mol. The molecule has 7 heteroatoms.